The predicted molar refractivity (Wildman–Crippen MR) is 111 cm³/mol. The van der Waals surface area contributed by atoms with E-state index in [4.69, 9.17) is 33.2 Å². The molecule has 1 aliphatic heterocycles. The fraction of sp³-hybridized carbons (Fsp3) is 0.0476. The Bertz CT molecular complexity index is 994. The Balaban J connectivity index is 1.75. The van der Waals surface area contributed by atoms with Gasteiger partial charge in [0.05, 0.1) is 17.9 Å². The van der Waals surface area contributed by atoms with Crippen LogP contribution in [0.5, 0.6) is 0 Å². The zero-order valence-electron chi connectivity index (χ0n) is 13.8. The summed E-state index contributed by atoms with van der Waals surface area (Å²) >= 11 is 12.2. The molecule has 4 rings (SSSR count). The second kappa shape index (κ2) is 7.32. The fourth-order valence-electron chi connectivity index (χ4n) is 2.83. The molecule has 0 fully saturated rings. The number of aliphatic imine (C=N–C) groups is 2. The van der Waals surface area contributed by atoms with E-state index in [9.17, 15) is 0 Å². The highest BCUT2D eigenvalue weighted by Crippen LogP contribution is 2.28. The van der Waals surface area contributed by atoms with Crippen molar-refractivity contribution in [2.45, 2.75) is 0 Å². The van der Waals surface area contributed by atoms with E-state index in [1.54, 1.807) is 0 Å². The maximum absolute atomic E-state index is 6.23. The number of hydrogen-bond donors (Lipinski definition) is 1. The molecule has 0 aromatic heterocycles. The predicted octanol–water partition coefficient (Wildman–Crippen LogP) is 5.99. The molecule has 3 aromatic rings. The van der Waals surface area contributed by atoms with Gasteiger partial charge in [-0.15, -0.1) is 0 Å². The van der Waals surface area contributed by atoms with Crippen LogP contribution in [0.3, 0.4) is 0 Å². The number of rotatable bonds is 2. The summed E-state index contributed by atoms with van der Waals surface area (Å²) in [6.07, 6.45) is 0. The first-order valence-corrected chi connectivity index (χ1v) is 8.94. The van der Waals surface area contributed by atoms with Gasteiger partial charge in [-0.2, -0.15) is 0 Å². The van der Waals surface area contributed by atoms with Gasteiger partial charge in [-0.25, -0.2) is 4.99 Å². The zero-order valence-corrected chi connectivity index (χ0v) is 15.3. The van der Waals surface area contributed by atoms with E-state index in [-0.39, 0.29) is 0 Å². The van der Waals surface area contributed by atoms with Crippen molar-refractivity contribution in [2.24, 2.45) is 9.98 Å². The molecule has 3 nitrogen and oxygen atoms in total. The standard InChI is InChI=1S/C21H15Cl2N3/c22-15-6-9-17(10-7-15)25-20-13-24-21(14-4-2-1-3-5-14)18-12-16(23)8-11-19(18)26-20/h1-12H,13H2,(H,25,26). The zero-order chi connectivity index (χ0) is 17.9. The molecule has 0 bridgehead atoms. The maximum atomic E-state index is 6.23. The Kier molecular flexibility index (Phi) is 4.74. The highest BCUT2D eigenvalue weighted by molar-refractivity contribution is 6.32. The summed E-state index contributed by atoms with van der Waals surface area (Å²) in [5, 5.41) is 4.69. The first kappa shape index (κ1) is 16.8. The van der Waals surface area contributed by atoms with E-state index in [1.807, 2.05) is 72.8 Å². The molecule has 0 unspecified atom stereocenters. The van der Waals surface area contributed by atoms with Crippen LogP contribution < -0.4 is 5.32 Å². The smallest absolute Gasteiger partial charge is 0.128 e. The number of amidine groups is 1. The number of halogens is 2. The van der Waals surface area contributed by atoms with Gasteiger partial charge < -0.3 is 5.32 Å². The lowest BCUT2D eigenvalue weighted by Crippen LogP contribution is -2.15. The quantitative estimate of drug-likeness (QED) is 0.583. The minimum Gasteiger partial charge on any atom is -0.342 e. The van der Waals surface area contributed by atoms with Crippen LogP contribution in [0.4, 0.5) is 11.4 Å². The van der Waals surface area contributed by atoms with Crippen molar-refractivity contribution >= 4 is 46.1 Å². The first-order valence-electron chi connectivity index (χ1n) is 8.19. The maximum Gasteiger partial charge on any atom is 0.128 e. The van der Waals surface area contributed by atoms with Crippen LogP contribution in [0.1, 0.15) is 11.1 Å². The van der Waals surface area contributed by atoms with Crippen LogP contribution in [0.25, 0.3) is 0 Å². The summed E-state index contributed by atoms with van der Waals surface area (Å²) in [7, 11) is 0. The molecule has 1 N–H and O–H groups in total. The molecule has 0 radical (unpaired) electrons. The summed E-state index contributed by atoms with van der Waals surface area (Å²) in [5.41, 5.74) is 4.61. The summed E-state index contributed by atoms with van der Waals surface area (Å²) in [6, 6.07) is 23.3. The minimum absolute atomic E-state index is 0.444. The molecule has 0 saturated carbocycles. The molecule has 5 heteroatoms. The third kappa shape index (κ3) is 3.64. The van der Waals surface area contributed by atoms with Crippen molar-refractivity contribution in [2.75, 3.05) is 11.9 Å². The Morgan fingerprint density at radius 3 is 2.31 bits per heavy atom. The van der Waals surface area contributed by atoms with E-state index >= 15 is 0 Å². The number of nitrogens with zero attached hydrogens (tertiary/aromatic N) is 2. The second-order valence-electron chi connectivity index (χ2n) is 5.88. The Morgan fingerprint density at radius 1 is 0.808 bits per heavy atom. The lowest BCUT2D eigenvalue weighted by Gasteiger charge is -2.08. The summed E-state index contributed by atoms with van der Waals surface area (Å²) in [6.45, 7) is 0.444. The highest BCUT2D eigenvalue weighted by Gasteiger charge is 2.16. The Labute approximate surface area is 162 Å². The number of fused-ring (bicyclic) bond motifs is 1. The molecule has 1 heterocycles. The van der Waals surface area contributed by atoms with E-state index in [0.717, 1.165) is 34.0 Å². The molecule has 3 aromatic carbocycles. The van der Waals surface area contributed by atoms with Gasteiger partial charge in [0.2, 0.25) is 0 Å². The van der Waals surface area contributed by atoms with E-state index in [1.165, 1.54) is 0 Å². The normalized spacial score (nSPS) is 13.3. The Hall–Kier alpha value is -2.62. The molecule has 26 heavy (non-hydrogen) atoms. The van der Waals surface area contributed by atoms with Gasteiger partial charge in [0.1, 0.15) is 5.84 Å². The van der Waals surface area contributed by atoms with Gasteiger partial charge in [0, 0.05) is 26.9 Å². The van der Waals surface area contributed by atoms with Crippen LogP contribution >= 0.6 is 23.2 Å². The van der Waals surface area contributed by atoms with Crippen LogP contribution in [-0.4, -0.2) is 18.1 Å². The topological polar surface area (TPSA) is 36.8 Å². The third-order valence-corrected chi connectivity index (χ3v) is 4.52. The van der Waals surface area contributed by atoms with Crippen LogP contribution in [0, 0.1) is 0 Å². The van der Waals surface area contributed by atoms with Crippen LogP contribution in [-0.2, 0) is 0 Å². The van der Waals surface area contributed by atoms with Crippen molar-refractivity contribution in [1.82, 2.24) is 0 Å². The van der Waals surface area contributed by atoms with Crippen molar-refractivity contribution in [3.05, 3.63) is 94.0 Å². The van der Waals surface area contributed by atoms with Gasteiger partial charge >= 0.3 is 0 Å². The summed E-state index contributed by atoms with van der Waals surface area (Å²) < 4.78 is 0. The SMILES string of the molecule is Clc1ccc(NC2=Nc3ccc(Cl)cc3C(c3ccccc3)=NC2)cc1. The van der Waals surface area contributed by atoms with Crippen LogP contribution in [0.15, 0.2) is 82.8 Å². The van der Waals surface area contributed by atoms with Gasteiger partial charge in [0.25, 0.3) is 0 Å². The monoisotopic (exact) mass is 379 g/mol. The fourth-order valence-corrected chi connectivity index (χ4v) is 3.12. The van der Waals surface area contributed by atoms with E-state index in [2.05, 4.69) is 5.32 Å². The average Bonchev–Trinajstić information content (AvgIpc) is 2.83. The first-order chi connectivity index (χ1) is 12.7. The van der Waals surface area contributed by atoms with Gasteiger partial charge in [-0.3, -0.25) is 4.99 Å². The second-order valence-corrected chi connectivity index (χ2v) is 6.76. The summed E-state index contributed by atoms with van der Waals surface area (Å²) in [4.78, 5) is 9.58. The van der Waals surface area contributed by atoms with Crippen molar-refractivity contribution in [1.29, 1.82) is 0 Å². The molecule has 0 amide bonds. The number of hydrogen-bond acceptors (Lipinski definition) is 3. The molecule has 0 spiro atoms. The number of benzene rings is 3. The lowest BCUT2D eigenvalue weighted by atomic mass is 10.0. The number of anilines is 1. The molecule has 0 aliphatic carbocycles. The van der Waals surface area contributed by atoms with Gasteiger partial charge in [-0.1, -0.05) is 53.5 Å². The van der Waals surface area contributed by atoms with Gasteiger partial charge in [-0.05, 0) is 42.5 Å². The third-order valence-electron chi connectivity index (χ3n) is 4.04. The summed E-state index contributed by atoms with van der Waals surface area (Å²) in [5.74, 6) is 0.766. The molecule has 1 aliphatic rings. The van der Waals surface area contributed by atoms with Crippen molar-refractivity contribution < 1.29 is 0 Å². The average molecular weight is 380 g/mol. The van der Waals surface area contributed by atoms with E-state index < -0.39 is 0 Å². The van der Waals surface area contributed by atoms with E-state index in [0.29, 0.717) is 16.6 Å². The molecular formula is C21H15Cl2N3. The lowest BCUT2D eigenvalue weighted by molar-refractivity contribution is 1.28. The largest absolute Gasteiger partial charge is 0.342 e. The molecular weight excluding hydrogens is 365 g/mol. The molecule has 0 saturated heterocycles. The highest BCUT2D eigenvalue weighted by atomic mass is 35.5. The molecule has 0 atom stereocenters. The van der Waals surface area contributed by atoms with Crippen molar-refractivity contribution in [3.63, 3.8) is 0 Å². The van der Waals surface area contributed by atoms with Crippen molar-refractivity contribution in [3.8, 4) is 0 Å². The van der Waals surface area contributed by atoms with Gasteiger partial charge in [0.15, 0.2) is 0 Å². The minimum atomic E-state index is 0.444. The van der Waals surface area contributed by atoms with Crippen LogP contribution in [0.2, 0.25) is 10.0 Å². The Morgan fingerprint density at radius 2 is 1.54 bits per heavy atom. The number of nitrogens with one attached hydrogen (secondary N) is 1. The molecule has 128 valence electrons.